The molecule has 0 aliphatic carbocycles. The van der Waals surface area contributed by atoms with Gasteiger partial charge in [0.15, 0.2) is 11.0 Å². The van der Waals surface area contributed by atoms with Crippen molar-refractivity contribution in [2.24, 2.45) is 0 Å². The van der Waals surface area contributed by atoms with Crippen LogP contribution in [0, 0.1) is 10.1 Å². The summed E-state index contributed by atoms with van der Waals surface area (Å²) in [6.45, 7) is 6.61. The summed E-state index contributed by atoms with van der Waals surface area (Å²) >= 11 is 1.59. The lowest BCUT2D eigenvalue weighted by molar-refractivity contribution is -0.384. The van der Waals surface area contributed by atoms with Crippen LogP contribution in [-0.2, 0) is 5.41 Å². The normalized spacial score (nSPS) is 11.7. The van der Waals surface area contributed by atoms with Gasteiger partial charge in [-0.05, 0) is 40.8 Å². The molecule has 0 aliphatic rings. The number of hydrogen-bond acceptors (Lipinski definition) is 5. The van der Waals surface area contributed by atoms with Crippen LogP contribution in [0.15, 0.2) is 90.1 Å². The Morgan fingerprint density at radius 3 is 2.24 bits per heavy atom. The summed E-state index contributed by atoms with van der Waals surface area (Å²) in [6, 6.07) is 25.1. The number of nitro benzene ring substituents is 1. The molecule has 0 bridgehead atoms. The van der Waals surface area contributed by atoms with E-state index < -0.39 is 4.92 Å². The van der Waals surface area contributed by atoms with E-state index in [2.05, 4.69) is 59.8 Å². The molecule has 0 amide bonds. The molecule has 1 heterocycles. The zero-order valence-corrected chi connectivity index (χ0v) is 20.2. The predicted octanol–water partition coefficient (Wildman–Crippen LogP) is 6.95. The molecule has 7 heteroatoms. The van der Waals surface area contributed by atoms with Crippen molar-refractivity contribution in [3.8, 4) is 17.1 Å². The fourth-order valence-electron chi connectivity index (χ4n) is 3.49. The molecule has 172 valence electrons. The molecule has 0 atom stereocenters. The minimum Gasteiger partial charge on any atom is -0.270 e. The van der Waals surface area contributed by atoms with Crippen LogP contribution in [-0.4, -0.2) is 25.4 Å². The van der Waals surface area contributed by atoms with Crippen LogP contribution in [0.5, 0.6) is 0 Å². The van der Waals surface area contributed by atoms with Gasteiger partial charge in [-0.15, -0.1) is 10.2 Å². The van der Waals surface area contributed by atoms with E-state index in [1.165, 1.54) is 17.7 Å². The first-order chi connectivity index (χ1) is 16.3. The van der Waals surface area contributed by atoms with Crippen LogP contribution in [0.4, 0.5) is 5.69 Å². The molecule has 34 heavy (non-hydrogen) atoms. The van der Waals surface area contributed by atoms with Crippen LogP contribution in [0.25, 0.3) is 23.2 Å². The molecule has 0 fully saturated rings. The fraction of sp³-hybridized carbons (Fsp3) is 0.185. The molecule has 4 rings (SSSR count). The summed E-state index contributed by atoms with van der Waals surface area (Å²) < 4.78 is 2.08. The molecule has 6 nitrogen and oxygen atoms in total. The number of thioether (sulfide) groups is 1. The zero-order chi connectivity index (χ0) is 24.1. The highest BCUT2D eigenvalue weighted by molar-refractivity contribution is 7.99. The van der Waals surface area contributed by atoms with Crippen molar-refractivity contribution in [1.29, 1.82) is 0 Å². The van der Waals surface area contributed by atoms with Gasteiger partial charge < -0.3 is 0 Å². The van der Waals surface area contributed by atoms with Crippen molar-refractivity contribution in [3.63, 3.8) is 0 Å². The average Bonchev–Trinajstić information content (AvgIpc) is 3.26. The van der Waals surface area contributed by atoms with E-state index >= 15 is 0 Å². The third-order valence-electron chi connectivity index (χ3n) is 5.38. The first kappa shape index (κ1) is 23.4. The lowest BCUT2D eigenvalue weighted by atomic mass is 9.87. The Labute approximate surface area is 203 Å². The summed E-state index contributed by atoms with van der Waals surface area (Å²) in [4.78, 5) is 10.4. The van der Waals surface area contributed by atoms with Crippen LogP contribution >= 0.6 is 11.8 Å². The van der Waals surface area contributed by atoms with Gasteiger partial charge >= 0.3 is 0 Å². The lowest BCUT2D eigenvalue weighted by Crippen LogP contribution is -2.10. The quantitative estimate of drug-likeness (QED) is 0.166. The number of nitrogens with zero attached hydrogens (tertiary/aromatic N) is 4. The highest BCUT2D eigenvalue weighted by Crippen LogP contribution is 2.30. The van der Waals surface area contributed by atoms with Crippen molar-refractivity contribution in [2.45, 2.75) is 31.3 Å². The second-order valence-electron chi connectivity index (χ2n) is 8.87. The molecular formula is C27H26N4O2S. The minimum atomic E-state index is -0.395. The Bertz CT molecular complexity index is 1290. The molecule has 3 aromatic carbocycles. The average molecular weight is 471 g/mol. The zero-order valence-electron chi connectivity index (χ0n) is 19.4. The molecule has 0 unspecified atom stereocenters. The molecule has 0 spiro atoms. The Hall–Kier alpha value is -3.71. The smallest absolute Gasteiger partial charge is 0.269 e. The molecule has 0 radical (unpaired) electrons. The lowest BCUT2D eigenvalue weighted by Gasteiger charge is -2.19. The van der Waals surface area contributed by atoms with E-state index in [1.54, 1.807) is 23.9 Å². The molecular weight excluding hydrogens is 444 g/mol. The number of benzene rings is 3. The van der Waals surface area contributed by atoms with Gasteiger partial charge in [-0.1, -0.05) is 87.1 Å². The molecule has 4 aromatic rings. The Kier molecular flexibility index (Phi) is 6.93. The molecule has 0 saturated carbocycles. The Morgan fingerprint density at radius 1 is 0.941 bits per heavy atom. The number of nitro groups is 1. The number of rotatable bonds is 7. The van der Waals surface area contributed by atoms with E-state index in [-0.39, 0.29) is 11.1 Å². The van der Waals surface area contributed by atoms with Gasteiger partial charge in [0.2, 0.25) is 0 Å². The third kappa shape index (κ3) is 5.43. The molecule has 1 aromatic heterocycles. The van der Waals surface area contributed by atoms with Gasteiger partial charge in [-0.2, -0.15) is 0 Å². The van der Waals surface area contributed by atoms with Crippen LogP contribution in [0.3, 0.4) is 0 Å². The maximum absolute atomic E-state index is 10.8. The van der Waals surface area contributed by atoms with Crippen LogP contribution in [0.1, 0.15) is 31.9 Å². The first-order valence-corrected chi connectivity index (χ1v) is 12.0. The largest absolute Gasteiger partial charge is 0.270 e. The molecule has 0 saturated heterocycles. The van der Waals surface area contributed by atoms with Gasteiger partial charge in [-0.25, -0.2) is 0 Å². The van der Waals surface area contributed by atoms with E-state index in [1.807, 2.05) is 42.5 Å². The summed E-state index contributed by atoms with van der Waals surface area (Å²) in [7, 11) is 0. The van der Waals surface area contributed by atoms with Crippen molar-refractivity contribution in [2.75, 3.05) is 5.75 Å². The van der Waals surface area contributed by atoms with Crippen molar-refractivity contribution < 1.29 is 4.92 Å². The summed E-state index contributed by atoms with van der Waals surface area (Å²) in [5.74, 6) is 1.48. The molecule has 0 aliphatic heterocycles. The number of hydrogen-bond donors (Lipinski definition) is 0. The maximum Gasteiger partial charge on any atom is 0.269 e. The minimum absolute atomic E-state index is 0.0860. The van der Waals surface area contributed by atoms with Crippen molar-refractivity contribution in [1.82, 2.24) is 14.8 Å². The van der Waals surface area contributed by atoms with E-state index in [9.17, 15) is 10.1 Å². The van der Waals surface area contributed by atoms with Crippen LogP contribution < -0.4 is 0 Å². The van der Waals surface area contributed by atoms with E-state index in [0.29, 0.717) is 5.75 Å². The Balaban J connectivity index is 1.57. The van der Waals surface area contributed by atoms with Crippen molar-refractivity contribution >= 4 is 23.5 Å². The van der Waals surface area contributed by atoms with Gasteiger partial charge in [0.05, 0.1) is 4.92 Å². The summed E-state index contributed by atoms with van der Waals surface area (Å²) in [5.41, 5.74) is 4.37. The first-order valence-electron chi connectivity index (χ1n) is 11.0. The SMILES string of the molecule is CC(C)(C)c1ccc(-c2nnc(SC/C=C/c3ccc([N+](=O)[O-])cc3)n2-c2ccccc2)cc1. The van der Waals surface area contributed by atoms with Gasteiger partial charge in [0.1, 0.15) is 0 Å². The standard InChI is InChI=1S/C27H26N4O2S/c1-27(2,3)22-15-13-21(14-16-22)25-28-29-26(30(25)23-9-5-4-6-10-23)34-19-7-8-20-11-17-24(18-12-20)31(32)33/h4-18H,19H2,1-3H3/b8-7+. The molecule has 0 N–H and O–H groups in total. The highest BCUT2D eigenvalue weighted by atomic mass is 32.2. The second-order valence-corrected chi connectivity index (χ2v) is 9.85. The predicted molar refractivity (Wildman–Crippen MR) is 138 cm³/mol. The van der Waals surface area contributed by atoms with Gasteiger partial charge in [0.25, 0.3) is 5.69 Å². The van der Waals surface area contributed by atoms with Gasteiger partial charge in [0, 0.05) is 29.1 Å². The third-order valence-corrected chi connectivity index (χ3v) is 6.26. The van der Waals surface area contributed by atoms with Gasteiger partial charge in [-0.3, -0.25) is 14.7 Å². The maximum atomic E-state index is 10.8. The second kappa shape index (κ2) is 10.1. The number of aromatic nitrogens is 3. The number of non-ortho nitro benzene ring substituents is 1. The van der Waals surface area contributed by atoms with Crippen LogP contribution in [0.2, 0.25) is 0 Å². The Morgan fingerprint density at radius 2 is 1.62 bits per heavy atom. The van der Waals surface area contributed by atoms with E-state index in [0.717, 1.165) is 27.8 Å². The summed E-state index contributed by atoms with van der Waals surface area (Å²) in [5, 5.41) is 20.6. The summed E-state index contributed by atoms with van der Waals surface area (Å²) in [6.07, 6.45) is 3.97. The highest BCUT2D eigenvalue weighted by Gasteiger charge is 2.18. The van der Waals surface area contributed by atoms with E-state index in [4.69, 9.17) is 0 Å². The monoisotopic (exact) mass is 470 g/mol. The number of para-hydroxylation sites is 1. The topological polar surface area (TPSA) is 73.8 Å². The van der Waals surface area contributed by atoms with Crippen molar-refractivity contribution in [3.05, 3.63) is 106 Å². The fourth-order valence-corrected chi connectivity index (χ4v) is 4.25.